The summed E-state index contributed by atoms with van der Waals surface area (Å²) in [6, 6.07) is 5.78. The van der Waals surface area contributed by atoms with Crippen molar-refractivity contribution in [3.05, 3.63) is 35.4 Å². The molecule has 0 radical (unpaired) electrons. The Morgan fingerprint density at radius 2 is 1.78 bits per heavy atom. The number of hydrogen-bond acceptors (Lipinski definition) is 2. The van der Waals surface area contributed by atoms with Crippen molar-refractivity contribution in [1.82, 2.24) is 0 Å². The molecular weight excluding hydrogens is 254 g/mol. The zero-order valence-corrected chi connectivity index (χ0v) is 12.1. The minimum absolute atomic E-state index is 0.707. The fourth-order valence-corrected chi connectivity index (χ4v) is 4.23. The van der Waals surface area contributed by atoms with E-state index in [9.17, 15) is 8.78 Å². The number of rotatable bonds is 7. The van der Waals surface area contributed by atoms with E-state index < -0.39 is 20.2 Å². The van der Waals surface area contributed by atoms with Crippen LogP contribution in [0.1, 0.15) is 18.9 Å². The Morgan fingerprint density at radius 3 is 2.28 bits per heavy atom. The maximum atomic E-state index is 13.0. The first-order chi connectivity index (χ1) is 8.56. The highest BCUT2D eigenvalue weighted by Gasteiger charge is 2.32. The number of halogens is 2. The summed E-state index contributed by atoms with van der Waals surface area (Å²) >= 11 is 0. The summed E-state index contributed by atoms with van der Waals surface area (Å²) in [6.45, 7) is 2.05. The molecule has 18 heavy (non-hydrogen) atoms. The summed E-state index contributed by atoms with van der Waals surface area (Å²) in [5.41, 5.74) is 0.806. The summed E-state index contributed by atoms with van der Waals surface area (Å²) in [5, 5.41) is 0. The van der Waals surface area contributed by atoms with E-state index in [2.05, 4.69) is 6.92 Å². The van der Waals surface area contributed by atoms with Crippen LogP contribution in [0.25, 0.3) is 0 Å². The van der Waals surface area contributed by atoms with Crippen molar-refractivity contribution >= 4 is 8.56 Å². The normalized spacial score (nSPS) is 11.8. The zero-order valence-electron chi connectivity index (χ0n) is 11.1. The quantitative estimate of drug-likeness (QED) is 0.707. The van der Waals surface area contributed by atoms with Crippen LogP contribution >= 0.6 is 0 Å². The van der Waals surface area contributed by atoms with Gasteiger partial charge in [-0.3, -0.25) is 0 Å². The zero-order chi connectivity index (χ0) is 13.6. The molecule has 0 fully saturated rings. The Bertz CT molecular complexity index is 373. The molecule has 102 valence electrons. The van der Waals surface area contributed by atoms with Gasteiger partial charge in [-0.2, -0.15) is 0 Å². The van der Waals surface area contributed by atoms with Crippen LogP contribution in [-0.2, 0) is 15.3 Å². The first-order valence-corrected chi connectivity index (χ1v) is 8.34. The van der Waals surface area contributed by atoms with Gasteiger partial charge in [0, 0.05) is 14.2 Å². The Hall–Kier alpha value is -0.783. The van der Waals surface area contributed by atoms with Gasteiger partial charge in [-0.15, -0.1) is 0 Å². The fraction of sp³-hybridized carbons (Fsp3) is 0.538. The van der Waals surface area contributed by atoms with Crippen LogP contribution in [0.4, 0.5) is 8.78 Å². The van der Waals surface area contributed by atoms with Crippen LogP contribution in [0.2, 0.25) is 12.1 Å². The van der Waals surface area contributed by atoms with Crippen LogP contribution < -0.4 is 0 Å². The molecule has 0 aliphatic carbocycles. The van der Waals surface area contributed by atoms with Crippen molar-refractivity contribution in [2.75, 3.05) is 14.2 Å². The highest BCUT2D eigenvalue weighted by Crippen LogP contribution is 2.21. The van der Waals surface area contributed by atoms with Crippen molar-refractivity contribution in [3.8, 4) is 0 Å². The molecule has 5 heteroatoms. The fourth-order valence-electron chi connectivity index (χ4n) is 2.01. The minimum Gasteiger partial charge on any atom is -0.398 e. The second-order valence-corrected chi connectivity index (χ2v) is 8.12. The summed E-state index contributed by atoms with van der Waals surface area (Å²) in [4.78, 5) is 0. The topological polar surface area (TPSA) is 18.5 Å². The van der Waals surface area contributed by atoms with E-state index in [0.717, 1.165) is 24.1 Å². The van der Waals surface area contributed by atoms with Gasteiger partial charge in [-0.25, -0.2) is 8.78 Å². The van der Waals surface area contributed by atoms with Crippen molar-refractivity contribution in [1.29, 1.82) is 0 Å². The molecule has 0 aliphatic heterocycles. The van der Waals surface area contributed by atoms with Crippen molar-refractivity contribution in [2.45, 2.75) is 31.9 Å². The van der Waals surface area contributed by atoms with Crippen LogP contribution in [0.5, 0.6) is 0 Å². The number of benzene rings is 1. The standard InChI is InChI=1S/C13H20F2O2Si/c1-4-18(16-2,17-3)9-5-6-11-7-8-12(14)13(15)10-11/h7-8,10H,4-6,9H2,1-3H3. The van der Waals surface area contributed by atoms with Gasteiger partial charge in [0.1, 0.15) is 0 Å². The monoisotopic (exact) mass is 274 g/mol. The second kappa shape index (κ2) is 6.97. The van der Waals surface area contributed by atoms with Gasteiger partial charge >= 0.3 is 8.56 Å². The number of hydrogen-bond donors (Lipinski definition) is 0. The third-order valence-corrected chi connectivity index (χ3v) is 6.97. The van der Waals surface area contributed by atoms with E-state index in [1.165, 1.54) is 12.1 Å². The van der Waals surface area contributed by atoms with Crippen molar-refractivity contribution in [3.63, 3.8) is 0 Å². The maximum Gasteiger partial charge on any atom is 0.337 e. The minimum atomic E-state index is -2.06. The second-order valence-electron chi connectivity index (χ2n) is 4.27. The Labute approximate surface area is 108 Å². The highest BCUT2D eigenvalue weighted by atomic mass is 28.4. The lowest BCUT2D eigenvalue weighted by atomic mass is 10.1. The lowest BCUT2D eigenvalue weighted by Crippen LogP contribution is -2.39. The summed E-state index contributed by atoms with van der Waals surface area (Å²) in [5.74, 6) is -1.59. The van der Waals surface area contributed by atoms with Crippen LogP contribution in [0, 0.1) is 11.6 Å². The molecule has 0 bridgehead atoms. The predicted molar refractivity (Wildman–Crippen MR) is 69.7 cm³/mol. The predicted octanol–water partition coefficient (Wildman–Crippen LogP) is 3.65. The molecule has 0 spiro atoms. The molecule has 0 saturated heterocycles. The Kier molecular flexibility index (Phi) is 5.91. The Morgan fingerprint density at radius 1 is 1.11 bits per heavy atom. The summed E-state index contributed by atoms with van der Waals surface area (Å²) in [7, 11) is 1.29. The first kappa shape index (κ1) is 15.3. The molecule has 0 amide bonds. The van der Waals surface area contributed by atoms with Gasteiger partial charge < -0.3 is 8.85 Å². The molecule has 0 atom stereocenters. The molecule has 0 N–H and O–H groups in total. The van der Waals surface area contributed by atoms with Gasteiger partial charge in [-0.1, -0.05) is 13.0 Å². The van der Waals surface area contributed by atoms with E-state index in [4.69, 9.17) is 8.85 Å². The summed E-state index contributed by atoms with van der Waals surface area (Å²) in [6.07, 6.45) is 1.56. The SMILES string of the molecule is CC[Si](CCCc1ccc(F)c(F)c1)(OC)OC. The smallest absolute Gasteiger partial charge is 0.337 e. The molecule has 1 aromatic rings. The maximum absolute atomic E-state index is 13.0. The van der Waals surface area contributed by atoms with Gasteiger partial charge in [0.15, 0.2) is 11.6 Å². The molecule has 0 heterocycles. The molecule has 0 saturated carbocycles. The van der Waals surface area contributed by atoms with Gasteiger partial charge in [0.05, 0.1) is 0 Å². The van der Waals surface area contributed by atoms with Gasteiger partial charge in [0.25, 0.3) is 0 Å². The third kappa shape index (κ3) is 3.86. The Balaban J connectivity index is 2.52. The van der Waals surface area contributed by atoms with Crippen molar-refractivity contribution in [2.24, 2.45) is 0 Å². The first-order valence-electron chi connectivity index (χ1n) is 6.11. The molecule has 0 aliphatic rings. The van der Waals surface area contributed by atoms with Crippen LogP contribution in [0.15, 0.2) is 18.2 Å². The van der Waals surface area contributed by atoms with E-state index >= 15 is 0 Å². The molecule has 1 rings (SSSR count). The largest absolute Gasteiger partial charge is 0.398 e. The van der Waals surface area contributed by atoms with E-state index in [1.807, 2.05) is 0 Å². The van der Waals surface area contributed by atoms with Gasteiger partial charge in [-0.05, 0) is 42.6 Å². The van der Waals surface area contributed by atoms with Crippen LogP contribution in [-0.4, -0.2) is 22.8 Å². The highest BCUT2D eigenvalue weighted by molar-refractivity contribution is 6.67. The average molecular weight is 274 g/mol. The van der Waals surface area contributed by atoms with Gasteiger partial charge in [0.2, 0.25) is 0 Å². The molecular formula is C13H20F2O2Si. The average Bonchev–Trinajstić information content (AvgIpc) is 2.39. The molecule has 0 unspecified atom stereocenters. The van der Waals surface area contributed by atoms with E-state index in [0.29, 0.717) is 6.42 Å². The molecule has 1 aromatic carbocycles. The van der Waals surface area contributed by atoms with Crippen molar-refractivity contribution < 1.29 is 17.6 Å². The summed E-state index contributed by atoms with van der Waals surface area (Å²) < 4.78 is 36.8. The molecule has 0 aromatic heterocycles. The van der Waals surface area contributed by atoms with E-state index in [-0.39, 0.29) is 0 Å². The van der Waals surface area contributed by atoms with E-state index in [1.54, 1.807) is 20.3 Å². The third-order valence-electron chi connectivity index (χ3n) is 3.29. The lowest BCUT2D eigenvalue weighted by molar-refractivity contribution is 0.242. The lowest BCUT2D eigenvalue weighted by Gasteiger charge is -2.25. The molecule has 2 nitrogen and oxygen atoms in total. The number of aryl methyl sites for hydroxylation is 1. The van der Waals surface area contributed by atoms with Crippen LogP contribution in [0.3, 0.4) is 0 Å².